The Bertz CT molecular complexity index is 1120. The van der Waals surface area contributed by atoms with Crippen LogP contribution in [-0.4, -0.2) is 37.4 Å². The second kappa shape index (κ2) is 8.88. The average Bonchev–Trinajstić information content (AvgIpc) is 3.27. The highest BCUT2D eigenvalue weighted by Crippen LogP contribution is 2.20. The molecule has 0 saturated heterocycles. The highest BCUT2D eigenvalue weighted by atomic mass is 16.3. The zero-order valence-electron chi connectivity index (χ0n) is 16.8. The van der Waals surface area contributed by atoms with Crippen LogP contribution in [0.1, 0.15) is 40.1 Å². The minimum absolute atomic E-state index is 0.181. The van der Waals surface area contributed by atoms with Gasteiger partial charge in [-0.3, -0.25) is 4.79 Å². The molecule has 0 aliphatic rings. The van der Waals surface area contributed by atoms with Crippen LogP contribution in [0.4, 0.5) is 0 Å². The lowest BCUT2D eigenvalue weighted by Gasteiger charge is -2.26. The van der Waals surface area contributed by atoms with E-state index in [0.717, 1.165) is 17.5 Å². The van der Waals surface area contributed by atoms with Gasteiger partial charge >= 0.3 is 0 Å². The number of carbonyl (C=O) groups excluding carboxylic acids is 1. The summed E-state index contributed by atoms with van der Waals surface area (Å²) in [5.41, 5.74) is 4.72. The Morgan fingerprint density at radius 2 is 1.83 bits per heavy atom. The molecular weight excluding hydrogens is 376 g/mol. The number of aromatic amines is 1. The van der Waals surface area contributed by atoms with Crippen molar-refractivity contribution < 1.29 is 9.90 Å². The number of rotatable bonds is 7. The normalized spacial score (nSPS) is 12.1. The van der Waals surface area contributed by atoms with Gasteiger partial charge in [0.15, 0.2) is 5.65 Å². The second-order valence-electron chi connectivity index (χ2n) is 7.28. The van der Waals surface area contributed by atoms with Crippen molar-refractivity contribution in [3.8, 4) is 0 Å². The van der Waals surface area contributed by atoms with Crippen LogP contribution in [0.5, 0.6) is 0 Å². The molecule has 1 atom stereocenters. The average molecular weight is 400 g/mol. The first-order valence-electron chi connectivity index (χ1n) is 10.0. The Morgan fingerprint density at radius 3 is 2.57 bits per heavy atom. The van der Waals surface area contributed by atoms with Crippen LogP contribution in [-0.2, 0) is 13.0 Å². The number of pyridine rings is 1. The number of aliphatic hydroxyl groups excluding tert-OH is 1. The van der Waals surface area contributed by atoms with Crippen LogP contribution in [0.25, 0.3) is 11.2 Å². The van der Waals surface area contributed by atoms with Crippen molar-refractivity contribution in [3.63, 3.8) is 0 Å². The fourth-order valence-corrected chi connectivity index (χ4v) is 3.44. The molecule has 152 valence electrons. The maximum absolute atomic E-state index is 13.3. The standard InChI is InChI=1S/C24H24N4O2/c1-2-17-8-10-19(11-9-17)22(29)15-28(14-18-6-4-3-5-7-18)24(30)20-12-21-23(25-13-20)27-16-26-21/h3-13,16,22,29H,2,14-15H2,1H3,(H,25,26,27). The van der Waals surface area contributed by atoms with Crippen molar-refractivity contribution in [3.05, 3.63) is 95.4 Å². The lowest BCUT2D eigenvalue weighted by atomic mass is 10.0. The van der Waals surface area contributed by atoms with Crippen LogP contribution in [0.2, 0.25) is 0 Å². The molecule has 0 radical (unpaired) electrons. The van der Waals surface area contributed by atoms with E-state index in [0.29, 0.717) is 23.3 Å². The van der Waals surface area contributed by atoms with E-state index in [9.17, 15) is 9.90 Å². The zero-order chi connectivity index (χ0) is 20.9. The van der Waals surface area contributed by atoms with Crippen LogP contribution in [0.15, 0.2) is 73.2 Å². The molecule has 0 bridgehead atoms. The maximum atomic E-state index is 13.3. The number of benzene rings is 2. The third kappa shape index (κ3) is 4.39. The summed E-state index contributed by atoms with van der Waals surface area (Å²) < 4.78 is 0. The number of carbonyl (C=O) groups is 1. The number of imidazole rings is 1. The summed E-state index contributed by atoms with van der Waals surface area (Å²) in [6.07, 6.45) is 3.24. The first-order chi connectivity index (χ1) is 14.6. The number of nitrogens with one attached hydrogen (secondary N) is 1. The maximum Gasteiger partial charge on any atom is 0.255 e. The molecular formula is C24H24N4O2. The Labute approximate surface area is 175 Å². The number of H-pyrrole nitrogens is 1. The third-order valence-corrected chi connectivity index (χ3v) is 5.19. The fraction of sp³-hybridized carbons (Fsp3) is 0.208. The van der Waals surface area contributed by atoms with E-state index in [1.165, 1.54) is 11.8 Å². The molecule has 6 nitrogen and oxygen atoms in total. The molecule has 1 amide bonds. The number of hydrogen-bond donors (Lipinski definition) is 2. The van der Waals surface area contributed by atoms with Gasteiger partial charge in [-0.1, -0.05) is 61.5 Å². The number of hydrogen-bond acceptors (Lipinski definition) is 4. The van der Waals surface area contributed by atoms with E-state index in [-0.39, 0.29) is 12.5 Å². The van der Waals surface area contributed by atoms with Crippen molar-refractivity contribution in [2.75, 3.05) is 6.54 Å². The van der Waals surface area contributed by atoms with Gasteiger partial charge in [-0.05, 0) is 29.2 Å². The summed E-state index contributed by atoms with van der Waals surface area (Å²) >= 11 is 0. The van der Waals surface area contributed by atoms with Crippen molar-refractivity contribution in [2.45, 2.75) is 26.0 Å². The van der Waals surface area contributed by atoms with Crippen LogP contribution in [0.3, 0.4) is 0 Å². The van der Waals surface area contributed by atoms with Gasteiger partial charge in [-0.25, -0.2) is 9.97 Å². The summed E-state index contributed by atoms with van der Waals surface area (Å²) in [6, 6.07) is 19.4. The van der Waals surface area contributed by atoms with E-state index in [1.54, 1.807) is 17.3 Å². The largest absolute Gasteiger partial charge is 0.387 e. The lowest BCUT2D eigenvalue weighted by Crippen LogP contribution is -2.34. The third-order valence-electron chi connectivity index (χ3n) is 5.19. The first-order valence-corrected chi connectivity index (χ1v) is 10.0. The predicted molar refractivity (Wildman–Crippen MR) is 116 cm³/mol. The van der Waals surface area contributed by atoms with E-state index in [2.05, 4.69) is 21.9 Å². The molecule has 0 saturated carbocycles. The fourth-order valence-electron chi connectivity index (χ4n) is 3.44. The zero-order valence-corrected chi connectivity index (χ0v) is 16.8. The molecule has 1 unspecified atom stereocenters. The molecule has 2 aromatic heterocycles. The molecule has 4 rings (SSSR count). The Balaban J connectivity index is 1.60. The molecule has 6 heteroatoms. The topological polar surface area (TPSA) is 82.1 Å². The summed E-state index contributed by atoms with van der Waals surface area (Å²) in [5, 5.41) is 10.8. The minimum atomic E-state index is -0.785. The van der Waals surface area contributed by atoms with Gasteiger partial charge in [0.25, 0.3) is 5.91 Å². The first kappa shape index (κ1) is 19.8. The SMILES string of the molecule is CCc1ccc(C(O)CN(Cc2ccccc2)C(=O)c2cnc3nc[nH]c3c2)cc1. The molecule has 0 spiro atoms. The molecule has 0 fully saturated rings. The number of fused-ring (bicyclic) bond motifs is 1. The predicted octanol–water partition coefficient (Wildman–Crippen LogP) is 3.90. The number of aliphatic hydroxyl groups is 1. The summed E-state index contributed by atoms with van der Waals surface area (Å²) in [6.45, 7) is 2.67. The highest BCUT2D eigenvalue weighted by molar-refractivity contribution is 5.96. The van der Waals surface area contributed by atoms with Gasteiger partial charge in [0.05, 0.1) is 30.1 Å². The smallest absolute Gasteiger partial charge is 0.255 e. The highest BCUT2D eigenvalue weighted by Gasteiger charge is 2.21. The number of aryl methyl sites for hydroxylation is 1. The van der Waals surface area contributed by atoms with E-state index in [1.807, 2.05) is 54.6 Å². The van der Waals surface area contributed by atoms with Crippen LogP contribution < -0.4 is 0 Å². The lowest BCUT2D eigenvalue weighted by molar-refractivity contribution is 0.0603. The molecule has 0 aliphatic heterocycles. The summed E-state index contributed by atoms with van der Waals surface area (Å²) in [5.74, 6) is -0.188. The quantitative estimate of drug-likeness (QED) is 0.493. The number of amides is 1. The second-order valence-corrected chi connectivity index (χ2v) is 7.28. The van der Waals surface area contributed by atoms with Gasteiger partial charge in [0.2, 0.25) is 0 Å². The van der Waals surface area contributed by atoms with Crippen molar-refractivity contribution in [1.29, 1.82) is 0 Å². The molecule has 30 heavy (non-hydrogen) atoms. The van der Waals surface area contributed by atoms with Gasteiger partial charge < -0.3 is 15.0 Å². The monoisotopic (exact) mass is 400 g/mol. The van der Waals surface area contributed by atoms with Gasteiger partial charge in [0, 0.05) is 12.7 Å². The van der Waals surface area contributed by atoms with Crippen LogP contribution in [0, 0.1) is 0 Å². The molecule has 2 heterocycles. The van der Waals surface area contributed by atoms with E-state index < -0.39 is 6.10 Å². The van der Waals surface area contributed by atoms with E-state index >= 15 is 0 Å². The Morgan fingerprint density at radius 1 is 1.07 bits per heavy atom. The summed E-state index contributed by atoms with van der Waals surface area (Å²) in [7, 11) is 0. The van der Waals surface area contributed by atoms with Crippen LogP contribution >= 0.6 is 0 Å². The minimum Gasteiger partial charge on any atom is -0.387 e. The van der Waals surface area contributed by atoms with Gasteiger partial charge in [-0.2, -0.15) is 0 Å². The van der Waals surface area contributed by atoms with Crippen molar-refractivity contribution >= 4 is 17.1 Å². The molecule has 0 aliphatic carbocycles. The van der Waals surface area contributed by atoms with Crippen molar-refractivity contribution in [1.82, 2.24) is 19.9 Å². The van der Waals surface area contributed by atoms with E-state index in [4.69, 9.17) is 0 Å². The number of nitrogens with zero attached hydrogens (tertiary/aromatic N) is 3. The molecule has 2 N–H and O–H groups in total. The van der Waals surface area contributed by atoms with Crippen molar-refractivity contribution in [2.24, 2.45) is 0 Å². The van der Waals surface area contributed by atoms with Gasteiger partial charge in [-0.15, -0.1) is 0 Å². The molecule has 2 aromatic carbocycles. The number of aromatic nitrogens is 3. The Kier molecular flexibility index (Phi) is 5.86. The summed E-state index contributed by atoms with van der Waals surface area (Å²) in [4.78, 5) is 26.3. The van der Waals surface area contributed by atoms with Gasteiger partial charge in [0.1, 0.15) is 0 Å². The Hall–Kier alpha value is -3.51. The molecule has 4 aromatic rings.